The third-order valence-corrected chi connectivity index (χ3v) is 1.81. The number of benzene rings is 1. The number of aromatic nitrogens is 2. The van der Waals surface area contributed by atoms with E-state index in [0.717, 1.165) is 5.56 Å². The molecule has 0 aliphatic heterocycles. The molecule has 0 atom stereocenters. The van der Waals surface area contributed by atoms with Gasteiger partial charge < -0.3 is 4.74 Å². The molecule has 1 aromatic carbocycles. The minimum Gasteiger partial charge on any atom is -0.459 e. The van der Waals surface area contributed by atoms with E-state index in [9.17, 15) is 4.39 Å². The van der Waals surface area contributed by atoms with E-state index in [2.05, 4.69) is 9.97 Å². The molecule has 0 aliphatic carbocycles. The fourth-order valence-electron chi connectivity index (χ4n) is 1.11. The number of hydrogen-bond donors (Lipinski definition) is 0. The van der Waals surface area contributed by atoms with Gasteiger partial charge in [0.15, 0.2) is 0 Å². The monoisotopic (exact) mass is 204 g/mol. The molecule has 0 saturated carbocycles. The molecule has 0 radical (unpaired) electrons. The van der Waals surface area contributed by atoms with Gasteiger partial charge in [0.1, 0.15) is 6.61 Å². The number of halogens is 1. The molecule has 4 heteroatoms. The normalized spacial score (nSPS) is 9.93. The van der Waals surface area contributed by atoms with Crippen LogP contribution in [-0.4, -0.2) is 9.97 Å². The summed E-state index contributed by atoms with van der Waals surface area (Å²) in [4.78, 5) is 7.27. The zero-order valence-electron chi connectivity index (χ0n) is 7.93. The fourth-order valence-corrected chi connectivity index (χ4v) is 1.11. The molecule has 2 rings (SSSR count). The Morgan fingerprint density at radius 3 is 2.67 bits per heavy atom. The van der Waals surface area contributed by atoms with Crippen LogP contribution in [0.15, 0.2) is 42.6 Å². The van der Waals surface area contributed by atoms with E-state index in [0.29, 0.717) is 6.61 Å². The molecule has 0 saturated heterocycles. The molecule has 2 aromatic rings. The molecule has 1 heterocycles. The molecule has 0 amide bonds. The lowest BCUT2D eigenvalue weighted by Crippen LogP contribution is -1.99. The third-order valence-electron chi connectivity index (χ3n) is 1.81. The maximum absolute atomic E-state index is 12.7. The summed E-state index contributed by atoms with van der Waals surface area (Å²) in [6, 6.07) is 10.8. The van der Waals surface area contributed by atoms with Crippen LogP contribution in [0.2, 0.25) is 0 Å². The Morgan fingerprint density at radius 2 is 1.93 bits per heavy atom. The average Bonchev–Trinajstić information content (AvgIpc) is 2.28. The maximum Gasteiger partial charge on any atom is 0.319 e. The van der Waals surface area contributed by atoms with E-state index in [1.165, 1.54) is 12.3 Å². The lowest BCUT2D eigenvalue weighted by atomic mass is 10.2. The first-order chi connectivity index (χ1) is 7.34. The minimum absolute atomic E-state index is 0.0545. The largest absolute Gasteiger partial charge is 0.459 e. The van der Waals surface area contributed by atoms with E-state index >= 15 is 0 Å². The lowest BCUT2D eigenvalue weighted by molar-refractivity contribution is 0.275. The van der Waals surface area contributed by atoms with Gasteiger partial charge in [-0.25, -0.2) is 4.98 Å². The summed E-state index contributed by atoms with van der Waals surface area (Å²) in [5, 5.41) is 0. The van der Waals surface area contributed by atoms with Crippen LogP contribution < -0.4 is 4.74 Å². The Balaban J connectivity index is 1.99. The van der Waals surface area contributed by atoms with Crippen LogP contribution >= 0.6 is 0 Å². The molecular formula is C11H9FN2O. The Hall–Kier alpha value is -1.97. The maximum atomic E-state index is 12.7. The van der Waals surface area contributed by atoms with E-state index in [4.69, 9.17) is 4.74 Å². The smallest absolute Gasteiger partial charge is 0.319 e. The van der Waals surface area contributed by atoms with Crippen molar-refractivity contribution in [3.8, 4) is 6.01 Å². The summed E-state index contributed by atoms with van der Waals surface area (Å²) in [5.41, 5.74) is 0.991. The van der Waals surface area contributed by atoms with E-state index < -0.39 is 5.95 Å². The highest BCUT2D eigenvalue weighted by molar-refractivity contribution is 5.14. The van der Waals surface area contributed by atoms with Gasteiger partial charge >= 0.3 is 6.01 Å². The highest BCUT2D eigenvalue weighted by atomic mass is 19.1. The Kier molecular flexibility index (Phi) is 2.88. The van der Waals surface area contributed by atoms with E-state index in [1.807, 2.05) is 30.3 Å². The van der Waals surface area contributed by atoms with Crippen molar-refractivity contribution >= 4 is 0 Å². The molecule has 15 heavy (non-hydrogen) atoms. The van der Waals surface area contributed by atoms with Gasteiger partial charge in [-0.1, -0.05) is 30.3 Å². The molecule has 0 aliphatic rings. The van der Waals surface area contributed by atoms with Gasteiger partial charge in [-0.05, 0) is 5.56 Å². The van der Waals surface area contributed by atoms with Crippen LogP contribution in [-0.2, 0) is 6.61 Å². The first-order valence-electron chi connectivity index (χ1n) is 4.50. The fraction of sp³-hybridized carbons (Fsp3) is 0.0909. The van der Waals surface area contributed by atoms with Crippen molar-refractivity contribution in [2.45, 2.75) is 6.61 Å². The van der Waals surface area contributed by atoms with Crippen molar-refractivity contribution in [3.05, 3.63) is 54.1 Å². The Labute approximate surface area is 86.6 Å². The molecule has 3 nitrogen and oxygen atoms in total. The molecule has 76 valence electrons. The first kappa shape index (κ1) is 9.58. The Morgan fingerprint density at radius 1 is 1.13 bits per heavy atom. The van der Waals surface area contributed by atoms with Crippen LogP contribution in [0.25, 0.3) is 0 Å². The molecule has 0 unspecified atom stereocenters. The summed E-state index contributed by atoms with van der Waals surface area (Å²) < 4.78 is 17.9. The second kappa shape index (κ2) is 4.50. The molecule has 0 N–H and O–H groups in total. The topological polar surface area (TPSA) is 35.0 Å². The van der Waals surface area contributed by atoms with Crippen LogP contribution in [0.3, 0.4) is 0 Å². The second-order valence-corrected chi connectivity index (χ2v) is 2.94. The van der Waals surface area contributed by atoms with Gasteiger partial charge in [-0.15, -0.1) is 0 Å². The zero-order chi connectivity index (χ0) is 10.5. The highest BCUT2D eigenvalue weighted by Gasteiger charge is 1.99. The zero-order valence-corrected chi connectivity index (χ0v) is 7.93. The highest BCUT2D eigenvalue weighted by Crippen LogP contribution is 2.06. The van der Waals surface area contributed by atoms with E-state index in [-0.39, 0.29) is 6.01 Å². The van der Waals surface area contributed by atoms with Gasteiger partial charge in [0.25, 0.3) is 0 Å². The van der Waals surface area contributed by atoms with Crippen molar-refractivity contribution in [1.82, 2.24) is 9.97 Å². The van der Waals surface area contributed by atoms with Crippen LogP contribution in [0.4, 0.5) is 4.39 Å². The van der Waals surface area contributed by atoms with E-state index in [1.54, 1.807) is 0 Å². The quantitative estimate of drug-likeness (QED) is 0.719. The Bertz CT molecular complexity index is 434. The predicted molar refractivity (Wildman–Crippen MR) is 52.8 cm³/mol. The van der Waals surface area contributed by atoms with Crippen molar-refractivity contribution in [1.29, 1.82) is 0 Å². The van der Waals surface area contributed by atoms with Crippen molar-refractivity contribution in [3.63, 3.8) is 0 Å². The van der Waals surface area contributed by atoms with Gasteiger partial charge in [0.05, 0.1) is 0 Å². The summed E-state index contributed by atoms with van der Waals surface area (Å²) >= 11 is 0. The minimum atomic E-state index is -0.590. The standard InChI is InChI=1S/C11H9FN2O/c12-10-6-7-13-11(14-10)15-8-9-4-2-1-3-5-9/h1-7H,8H2. The number of hydrogen-bond acceptors (Lipinski definition) is 3. The summed E-state index contributed by atoms with van der Waals surface area (Å²) in [6.45, 7) is 0.338. The van der Waals surface area contributed by atoms with Gasteiger partial charge in [-0.2, -0.15) is 9.37 Å². The van der Waals surface area contributed by atoms with Gasteiger partial charge in [0.2, 0.25) is 5.95 Å². The predicted octanol–water partition coefficient (Wildman–Crippen LogP) is 2.19. The summed E-state index contributed by atoms with van der Waals surface area (Å²) in [6.07, 6.45) is 1.32. The van der Waals surface area contributed by atoms with Crippen LogP contribution in [0.5, 0.6) is 6.01 Å². The van der Waals surface area contributed by atoms with Crippen molar-refractivity contribution in [2.24, 2.45) is 0 Å². The molecule has 1 aromatic heterocycles. The molecular weight excluding hydrogens is 195 g/mol. The average molecular weight is 204 g/mol. The van der Waals surface area contributed by atoms with Gasteiger partial charge in [-0.3, -0.25) is 0 Å². The summed E-state index contributed by atoms with van der Waals surface area (Å²) in [7, 11) is 0. The van der Waals surface area contributed by atoms with Gasteiger partial charge in [0, 0.05) is 12.3 Å². The molecule has 0 spiro atoms. The van der Waals surface area contributed by atoms with Crippen molar-refractivity contribution < 1.29 is 9.13 Å². The second-order valence-electron chi connectivity index (χ2n) is 2.94. The number of nitrogens with zero attached hydrogens (tertiary/aromatic N) is 2. The molecule has 0 fully saturated rings. The third kappa shape index (κ3) is 2.74. The number of rotatable bonds is 3. The molecule has 0 bridgehead atoms. The number of ether oxygens (including phenoxy) is 1. The van der Waals surface area contributed by atoms with Crippen LogP contribution in [0.1, 0.15) is 5.56 Å². The van der Waals surface area contributed by atoms with Crippen LogP contribution in [0, 0.1) is 5.95 Å². The van der Waals surface area contributed by atoms with Crippen molar-refractivity contribution in [2.75, 3.05) is 0 Å². The summed E-state index contributed by atoms with van der Waals surface area (Å²) in [5.74, 6) is -0.590. The lowest BCUT2D eigenvalue weighted by Gasteiger charge is -2.03. The SMILES string of the molecule is Fc1ccnc(OCc2ccccc2)n1. The first-order valence-corrected chi connectivity index (χ1v) is 4.50.